The van der Waals surface area contributed by atoms with Crippen molar-refractivity contribution in [1.82, 2.24) is 5.32 Å². The highest BCUT2D eigenvalue weighted by Crippen LogP contribution is 2.36. The maximum atomic E-state index is 6.53. The third kappa shape index (κ3) is 4.62. The third-order valence-corrected chi connectivity index (χ3v) is 4.46. The molecule has 0 aliphatic carbocycles. The fourth-order valence-electron chi connectivity index (χ4n) is 3.17. The van der Waals surface area contributed by atoms with Crippen LogP contribution < -0.4 is 10.2 Å². The lowest BCUT2D eigenvalue weighted by atomic mass is 9.84. The summed E-state index contributed by atoms with van der Waals surface area (Å²) < 4.78 is 0. The predicted molar refractivity (Wildman–Crippen MR) is 93.2 cm³/mol. The predicted octanol–water partition coefficient (Wildman–Crippen LogP) is 4.71. The first-order chi connectivity index (χ1) is 9.89. The van der Waals surface area contributed by atoms with Crippen LogP contribution in [-0.4, -0.2) is 19.6 Å². The first-order valence-corrected chi connectivity index (χ1v) is 8.50. The van der Waals surface area contributed by atoms with Crippen LogP contribution in [0, 0.1) is 11.3 Å². The zero-order valence-corrected chi connectivity index (χ0v) is 14.6. The summed E-state index contributed by atoms with van der Waals surface area (Å²) in [5.74, 6) is 0.668. The fraction of sp³-hybridized carbons (Fsp3) is 0.667. The lowest BCUT2D eigenvalue weighted by molar-refractivity contribution is 0.293. The molecule has 1 aliphatic rings. The zero-order valence-electron chi connectivity index (χ0n) is 13.9. The monoisotopic (exact) mass is 308 g/mol. The van der Waals surface area contributed by atoms with Crippen LogP contribution in [0.1, 0.15) is 46.1 Å². The smallest absolute Gasteiger partial charge is 0.0642 e. The third-order valence-electron chi connectivity index (χ3n) is 4.16. The molecule has 0 unspecified atom stereocenters. The van der Waals surface area contributed by atoms with E-state index < -0.39 is 0 Å². The molecule has 2 rings (SSSR count). The zero-order chi connectivity index (χ0) is 15.5. The highest BCUT2D eigenvalue weighted by atomic mass is 35.5. The van der Waals surface area contributed by atoms with Gasteiger partial charge in [-0.3, -0.25) is 0 Å². The van der Waals surface area contributed by atoms with E-state index in [0.717, 1.165) is 31.2 Å². The Kier molecular flexibility index (Phi) is 5.56. The highest BCUT2D eigenvalue weighted by molar-refractivity contribution is 6.33. The number of benzene rings is 1. The van der Waals surface area contributed by atoms with E-state index in [1.165, 1.54) is 24.1 Å². The number of nitrogens with one attached hydrogen (secondary N) is 1. The van der Waals surface area contributed by atoms with Gasteiger partial charge in [-0.15, -0.1) is 0 Å². The van der Waals surface area contributed by atoms with Crippen molar-refractivity contribution >= 4 is 17.3 Å². The molecule has 0 spiro atoms. The summed E-state index contributed by atoms with van der Waals surface area (Å²) in [6.07, 6.45) is 2.55. The summed E-state index contributed by atoms with van der Waals surface area (Å²) in [6.45, 7) is 13.3. The van der Waals surface area contributed by atoms with Gasteiger partial charge in [0.25, 0.3) is 0 Å². The van der Waals surface area contributed by atoms with Crippen molar-refractivity contribution in [2.75, 3.05) is 24.5 Å². The van der Waals surface area contributed by atoms with Gasteiger partial charge in [-0.1, -0.05) is 51.4 Å². The lowest BCUT2D eigenvalue weighted by Crippen LogP contribution is -2.40. The molecule has 0 atom stereocenters. The van der Waals surface area contributed by atoms with E-state index in [2.05, 4.69) is 50.0 Å². The van der Waals surface area contributed by atoms with Gasteiger partial charge < -0.3 is 10.2 Å². The van der Waals surface area contributed by atoms with Crippen LogP contribution in [0.25, 0.3) is 0 Å². The minimum absolute atomic E-state index is 0.375. The van der Waals surface area contributed by atoms with Crippen LogP contribution in [0.3, 0.4) is 0 Å². The van der Waals surface area contributed by atoms with Gasteiger partial charge in [0, 0.05) is 19.6 Å². The van der Waals surface area contributed by atoms with Gasteiger partial charge in [-0.2, -0.15) is 0 Å². The van der Waals surface area contributed by atoms with Gasteiger partial charge in [-0.05, 0) is 42.3 Å². The fourth-order valence-corrected chi connectivity index (χ4v) is 3.48. The minimum Gasteiger partial charge on any atom is -0.370 e. The van der Waals surface area contributed by atoms with E-state index in [0.29, 0.717) is 11.3 Å². The molecule has 3 heteroatoms. The van der Waals surface area contributed by atoms with Crippen molar-refractivity contribution in [1.29, 1.82) is 0 Å². The first kappa shape index (κ1) is 16.6. The number of nitrogens with zero attached hydrogens (tertiary/aromatic N) is 1. The second-order valence-corrected chi connectivity index (χ2v) is 7.87. The quantitative estimate of drug-likeness (QED) is 0.847. The summed E-state index contributed by atoms with van der Waals surface area (Å²) in [7, 11) is 0. The van der Waals surface area contributed by atoms with Gasteiger partial charge >= 0.3 is 0 Å². The van der Waals surface area contributed by atoms with Gasteiger partial charge in [0.15, 0.2) is 0 Å². The van der Waals surface area contributed by atoms with E-state index in [4.69, 9.17) is 11.6 Å². The molecule has 1 saturated heterocycles. The Labute approximate surface area is 134 Å². The second kappa shape index (κ2) is 7.02. The Hall–Kier alpha value is -0.730. The van der Waals surface area contributed by atoms with Crippen LogP contribution in [0.2, 0.25) is 5.02 Å². The normalized spacial score (nSPS) is 18.3. The molecule has 1 aromatic rings. The molecule has 0 aromatic heterocycles. The van der Waals surface area contributed by atoms with E-state index in [-0.39, 0.29) is 0 Å². The van der Waals surface area contributed by atoms with Crippen molar-refractivity contribution in [2.24, 2.45) is 11.3 Å². The molecule has 0 radical (unpaired) electrons. The largest absolute Gasteiger partial charge is 0.370 e. The van der Waals surface area contributed by atoms with Crippen LogP contribution in [0.4, 0.5) is 5.69 Å². The van der Waals surface area contributed by atoms with E-state index in [1.807, 2.05) is 6.07 Å². The van der Waals surface area contributed by atoms with Gasteiger partial charge in [0.2, 0.25) is 0 Å². The Morgan fingerprint density at radius 2 is 2.10 bits per heavy atom. The number of anilines is 1. The Bertz CT molecular complexity index is 468. The summed E-state index contributed by atoms with van der Waals surface area (Å²) in [5, 5.41) is 4.43. The molecule has 1 aromatic carbocycles. The van der Waals surface area contributed by atoms with Gasteiger partial charge in [0.05, 0.1) is 10.7 Å². The minimum atomic E-state index is 0.375. The molecule has 0 bridgehead atoms. The van der Waals surface area contributed by atoms with Crippen LogP contribution in [0.15, 0.2) is 18.2 Å². The molecule has 21 heavy (non-hydrogen) atoms. The topological polar surface area (TPSA) is 15.3 Å². The molecule has 1 heterocycles. The van der Waals surface area contributed by atoms with Crippen LogP contribution in [-0.2, 0) is 6.54 Å². The van der Waals surface area contributed by atoms with Crippen molar-refractivity contribution < 1.29 is 0 Å². The molecule has 2 nitrogen and oxygen atoms in total. The van der Waals surface area contributed by atoms with Gasteiger partial charge in [-0.25, -0.2) is 0 Å². The van der Waals surface area contributed by atoms with E-state index in [1.54, 1.807) is 0 Å². The molecular formula is C18H29ClN2. The number of piperidine rings is 1. The molecule has 0 amide bonds. The van der Waals surface area contributed by atoms with Crippen molar-refractivity contribution in [2.45, 2.75) is 47.1 Å². The molecule has 1 N–H and O–H groups in total. The Morgan fingerprint density at radius 3 is 2.76 bits per heavy atom. The Balaban J connectivity index is 2.17. The van der Waals surface area contributed by atoms with E-state index in [9.17, 15) is 0 Å². The molecule has 0 saturated carbocycles. The Morgan fingerprint density at radius 1 is 1.33 bits per heavy atom. The number of halogens is 1. The van der Waals surface area contributed by atoms with Crippen molar-refractivity contribution in [3.63, 3.8) is 0 Å². The molecule has 1 aliphatic heterocycles. The average molecular weight is 309 g/mol. The maximum Gasteiger partial charge on any atom is 0.0642 e. The van der Waals surface area contributed by atoms with Crippen LogP contribution >= 0.6 is 11.6 Å². The van der Waals surface area contributed by atoms with Crippen molar-refractivity contribution in [3.05, 3.63) is 28.8 Å². The highest BCUT2D eigenvalue weighted by Gasteiger charge is 2.28. The SMILES string of the molecule is CC(C)CNCc1cccc(Cl)c1N1CCCC(C)(C)C1. The molecule has 1 fully saturated rings. The van der Waals surface area contributed by atoms with Gasteiger partial charge in [0.1, 0.15) is 0 Å². The number of hydrogen-bond acceptors (Lipinski definition) is 2. The first-order valence-electron chi connectivity index (χ1n) is 8.12. The van der Waals surface area contributed by atoms with Crippen LogP contribution in [0.5, 0.6) is 0 Å². The van der Waals surface area contributed by atoms with Crippen molar-refractivity contribution in [3.8, 4) is 0 Å². The number of hydrogen-bond donors (Lipinski definition) is 1. The average Bonchev–Trinajstić information content (AvgIpc) is 2.37. The summed E-state index contributed by atoms with van der Waals surface area (Å²) in [4.78, 5) is 2.48. The maximum absolute atomic E-state index is 6.53. The summed E-state index contributed by atoms with van der Waals surface area (Å²) in [5.41, 5.74) is 2.93. The van der Waals surface area contributed by atoms with E-state index >= 15 is 0 Å². The molecule has 118 valence electrons. The standard InChI is InChI=1S/C18H29ClN2/c1-14(2)11-20-12-15-7-5-8-16(19)17(15)21-10-6-9-18(3,4)13-21/h5,7-8,14,20H,6,9-13H2,1-4H3. The number of rotatable bonds is 5. The summed E-state index contributed by atoms with van der Waals surface area (Å²) in [6, 6.07) is 6.29. The molecular weight excluding hydrogens is 280 g/mol. The number of para-hydroxylation sites is 1. The second-order valence-electron chi connectivity index (χ2n) is 7.46. The summed E-state index contributed by atoms with van der Waals surface area (Å²) >= 11 is 6.53. The lowest BCUT2D eigenvalue weighted by Gasteiger charge is -2.40.